The molecule has 0 atom stereocenters. The van der Waals surface area contributed by atoms with Gasteiger partial charge in [-0.15, -0.1) is 0 Å². The Kier molecular flexibility index (Phi) is 0.849. The molecule has 1 aliphatic rings. The molecule has 0 amide bonds. The third-order valence-corrected chi connectivity index (χ3v) is 0.984. The molecule has 0 radical (unpaired) electrons. The molecule has 0 spiro atoms. The van der Waals surface area contributed by atoms with E-state index in [-0.39, 0.29) is 5.92 Å². The molecule has 1 heterocycles. The average Bonchev–Trinajstić information content (AvgIpc) is 2.21. The maximum absolute atomic E-state index is 8.76. The Morgan fingerprint density at radius 3 is 1.86 bits per heavy atom. The van der Waals surface area contributed by atoms with Crippen LogP contribution in [-0.2, 0) is 9.78 Å². The van der Waals surface area contributed by atoms with E-state index in [1.165, 1.54) is 0 Å². The summed E-state index contributed by atoms with van der Waals surface area (Å²) in [5, 5.41) is 8.76. The Balaban J connectivity index is 2.39. The molecule has 42 valence electrons. The fraction of sp³-hybridized carbons (Fsp3) is 1.00. The lowest BCUT2D eigenvalue weighted by atomic mass is 10.2. The lowest BCUT2D eigenvalue weighted by Gasteiger charge is -1.98. The first kappa shape index (κ1) is 5.03. The average molecular weight is 104 g/mol. The van der Waals surface area contributed by atoms with Crippen molar-refractivity contribution in [3.63, 3.8) is 0 Å². The highest BCUT2D eigenvalue weighted by atomic mass is 17.4. The molecule has 0 saturated carbocycles. The number of hydrogen-bond acceptors (Lipinski definition) is 3. The Morgan fingerprint density at radius 1 is 1.43 bits per heavy atom. The topological polar surface area (TPSA) is 45.3 Å². The summed E-state index contributed by atoms with van der Waals surface area (Å²) < 4.78 is 0. The van der Waals surface area contributed by atoms with Crippen molar-refractivity contribution in [3.8, 4) is 0 Å². The van der Waals surface area contributed by atoms with E-state index in [1.54, 1.807) is 0 Å². The van der Waals surface area contributed by atoms with E-state index in [0.29, 0.717) is 0 Å². The van der Waals surface area contributed by atoms with E-state index in [9.17, 15) is 0 Å². The third kappa shape index (κ3) is 0.748. The van der Waals surface area contributed by atoms with Gasteiger partial charge >= 0.3 is 5.97 Å². The van der Waals surface area contributed by atoms with Gasteiger partial charge in [-0.2, -0.15) is 9.78 Å². The summed E-state index contributed by atoms with van der Waals surface area (Å²) in [5.74, 6) is -1.23. The summed E-state index contributed by atoms with van der Waals surface area (Å²) in [6.07, 6.45) is 0. The molecule has 1 saturated heterocycles. The van der Waals surface area contributed by atoms with E-state index in [1.807, 2.05) is 13.8 Å². The quantitative estimate of drug-likeness (QED) is 0.383. The Bertz CT molecular complexity index is 75.0. The highest BCUT2D eigenvalue weighted by Crippen LogP contribution is 2.33. The van der Waals surface area contributed by atoms with Gasteiger partial charge < -0.3 is 5.11 Å². The SMILES string of the molecule is CC(C)C1(O)OO1. The molecule has 7 heavy (non-hydrogen) atoms. The highest BCUT2D eigenvalue weighted by Gasteiger charge is 2.50. The predicted octanol–water partition coefficient (Wildman–Crippen LogP) is 0.250. The molecule has 0 unspecified atom stereocenters. The molecule has 1 fully saturated rings. The normalized spacial score (nSPS) is 25.7. The summed E-state index contributed by atoms with van der Waals surface area (Å²) in [6, 6.07) is 0. The molecule has 1 aliphatic heterocycles. The molecule has 0 aromatic rings. The zero-order chi connectivity index (χ0) is 5.49. The molecule has 0 aromatic carbocycles. The fourth-order valence-electron chi connectivity index (χ4n) is 0.235. The van der Waals surface area contributed by atoms with Gasteiger partial charge in [-0.25, -0.2) is 0 Å². The molecular formula is C4H8O3. The van der Waals surface area contributed by atoms with Gasteiger partial charge in [0.05, 0.1) is 0 Å². The second-order valence-electron chi connectivity index (χ2n) is 1.95. The second kappa shape index (κ2) is 1.18. The highest BCUT2D eigenvalue weighted by molar-refractivity contribution is 4.61. The summed E-state index contributed by atoms with van der Waals surface area (Å²) in [6.45, 7) is 3.62. The maximum atomic E-state index is 8.76. The van der Waals surface area contributed by atoms with Gasteiger partial charge in [-0.1, -0.05) is 13.8 Å². The minimum atomic E-state index is -1.25. The van der Waals surface area contributed by atoms with Crippen molar-refractivity contribution >= 4 is 0 Å². The van der Waals surface area contributed by atoms with Gasteiger partial charge in [0.25, 0.3) is 0 Å². The van der Waals surface area contributed by atoms with Gasteiger partial charge in [0.1, 0.15) is 0 Å². The molecule has 1 N–H and O–H groups in total. The predicted molar refractivity (Wildman–Crippen MR) is 22.0 cm³/mol. The summed E-state index contributed by atoms with van der Waals surface area (Å²) in [7, 11) is 0. The monoisotopic (exact) mass is 104 g/mol. The van der Waals surface area contributed by atoms with Gasteiger partial charge in [0.15, 0.2) is 0 Å². The minimum absolute atomic E-state index is 0.0208. The second-order valence-corrected chi connectivity index (χ2v) is 1.95. The van der Waals surface area contributed by atoms with Crippen molar-refractivity contribution in [2.45, 2.75) is 19.8 Å². The van der Waals surface area contributed by atoms with Gasteiger partial charge in [0.2, 0.25) is 0 Å². The minimum Gasteiger partial charge on any atom is -0.339 e. The van der Waals surface area contributed by atoms with Crippen LogP contribution in [0, 0.1) is 5.92 Å². The van der Waals surface area contributed by atoms with Gasteiger partial charge in [0, 0.05) is 5.92 Å². The first-order valence-electron chi connectivity index (χ1n) is 2.24. The number of rotatable bonds is 1. The van der Waals surface area contributed by atoms with Crippen molar-refractivity contribution in [1.82, 2.24) is 0 Å². The van der Waals surface area contributed by atoms with Crippen molar-refractivity contribution in [2.24, 2.45) is 5.92 Å². The molecule has 1 rings (SSSR count). The van der Waals surface area contributed by atoms with Crippen LogP contribution in [0.4, 0.5) is 0 Å². The lowest BCUT2D eigenvalue weighted by Crippen LogP contribution is -2.16. The van der Waals surface area contributed by atoms with Crippen LogP contribution in [0.3, 0.4) is 0 Å². The zero-order valence-electron chi connectivity index (χ0n) is 4.34. The van der Waals surface area contributed by atoms with Crippen LogP contribution in [0.5, 0.6) is 0 Å². The van der Waals surface area contributed by atoms with Gasteiger partial charge in [-0.3, -0.25) is 0 Å². The van der Waals surface area contributed by atoms with Crippen molar-refractivity contribution in [1.29, 1.82) is 0 Å². The van der Waals surface area contributed by atoms with Crippen LogP contribution < -0.4 is 0 Å². The van der Waals surface area contributed by atoms with E-state index in [4.69, 9.17) is 5.11 Å². The van der Waals surface area contributed by atoms with E-state index < -0.39 is 5.97 Å². The van der Waals surface area contributed by atoms with Crippen LogP contribution in [-0.4, -0.2) is 11.1 Å². The first-order valence-corrected chi connectivity index (χ1v) is 2.24. The molecule has 3 heteroatoms. The first-order chi connectivity index (χ1) is 3.15. The molecule has 0 aliphatic carbocycles. The fourth-order valence-corrected chi connectivity index (χ4v) is 0.235. The molecule has 3 nitrogen and oxygen atoms in total. The van der Waals surface area contributed by atoms with Crippen LogP contribution in [0.25, 0.3) is 0 Å². The van der Waals surface area contributed by atoms with Crippen molar-refractivity contribution in [3.05, 3.63) is 0 Å². The largest absolute Gasteiger partial charge is 0.339 e. The smallest absolute Gasteiger partial charge is 0.339 e. The number of hydrogen-bond donors (Lipinski definition) is 1. The maximum Gasteiger partial charge on any atom is 0.339 e. The Labute approximate surface area is 41.8 Å². The van der Waals surface area contributed by atoms with E-state index in [0.717, 1.165) is 0 Å². The van der Waals surface area contributed by atoms with Crippen molar-refractivity contribution in [2.75, 3.05) is 0 Å². The van der Waals surface area contributed by atoms with Gasteiger partial charge in [-0.05, 0) is 0 Å². The molecular weight excluding hydrogens is 96.0 g/mol. The zero-order valence-corrected chi connectivity index (χ0v) is 4.34. The van der Waals surface area contributed by atoms with Crippen LogP contribution in [0.1, 0.15) is 13.8 Å². The Hall–Kier alpha value is -0.120. The standard InChI is InChI=1S/C4H8O3/c1-3(2)4(5)6-7-4/h3,5H,1-2H3. The van der Waals surface area contributed by atoms with Crippen LogP contribution >= 0.6 is 0 Å². The molecule has 0 aromatic heterocycles. The number of aliphatic hydroxyl groups is 1. The van der Waals surface area contributed by atoms with Crippen LogP contribution in [0.2, 0.25) is 0 Å². The lowest BCUT2D eigenvalue weighted by molar-refractivity contribution is -0.0148. The van der Waals surface area contributed by atoms with E-state index >= 15 is 0 Å². The van der Waals surface area contributed by atoms with Crippen LogP contribution in [0.15, 0.2) is 0 Å². The summed E-state index contributed by atoms with van der Waals surface area (Å²) >= 11 is 0. The third-order valence-electron chi connectivity index (χ3n) is 0.984. The summed E-state index contributed by atoms with van der Waals surface area (Å²) in [5.41, 5.74) is 0. The van der Waals surface area contributed by atoms with Crippen molar-refractivity contribution < 1.29 is 14.9 Å². The summed E-state index contributed by atoms with van der Waals surface area (Å²) in [4.78, 5) is 8.43. The Morgan fingerprint density at radius 2 is 1.86 bits per heavy atom. The molecule has 0 bridgehead atoms. The van der Waals surface area contributed by atoms with E-state index in [2.05, 4.69) is 9.78 Å².